The third-order valence-corrected chi connectivity index (χ3v) is 2.46. The Morgan fingerprint density at radius 3 is 2.60 bits per heavy atom. The van der Waals surface area contributed by atoms with Gasteiger partial charge in [0.15, 0.2) is 4.84 Å². The Morgan fingerprint density at radius 2 is 2.13 bits per heavy atom. The number of carbonyl (C=O) groups excluding carboxylic acids is 1. The molecule has 0 aliphatic carbocycles. The minimum Gasteiger partial charge on any atom is -0.310 e. The second kappa shape index (κ2) is 5.38. The van der Waals surface area contributed by atoms with Crippen molar-refractivity contribution in [1.29, 1.82) is 0 Å². The highest BCUT2D eigenvalue weighted by atomic mass is 35.5. The third-order valence-electron chi connectivity index (χ3n) is 2.08. The first-order valence-electron chi connectivity index (χ1n) is 4.72. The molecule has 0 aliphatic heterocycles. The van der Waals surface area contributed by atoms with Crippen LogP contribution in [0.3, 0.4) is 0 Å². The molecule has 0 fully saturated rings. The van der Waals surface area contributed by atoms with E-state index in [4.69, 9.17) is 23.2 Å². The fraction of sp³-hybridized carbons (Fsp3) is 0.364. The molecule has 4 heteroatoms. The van der Waals surface area contributed by atoms with Gasteiger partial charge in [-0.05, 0) is 31.5 Å². The molecule has 1 aromatic rings. The predicted molar refractivity (Wildman–Crippen MR) is 64.7 cm³/mol. The average molecular weight is 246 g/mol. The molecule has 0 spiro atoms. The fourth-order valence-corrected chi connectivity index (χ4v) is 1.61. The van der Waals surface area contributed by atoms with Gasteiger partial charge in [-0.15, -0.1) is 0 Å². The van der Waals surface area contributed by atoms with E-state index in [0.717, 1.165) is 11.3 Å². The van der Waals surface area contributed by atoms with Crippen molar-refractivity contribution in [1.82, 2.24) is 0 Å². The second-order valence-electron chi connectivity index (χ2n) is 3.22. The molecule has 82 valence electrons. The quantitative estimate of drug-likeness (QED) is 0.750. The van der Waals surface area contributed by atoms with Gasteiger partial charge in [0, 0.05) is 12.2 Å². The van der Waals surface area contributed by atoms with Crippen molar-refractivity contribution in [2.75, 3.05) is 11.4 Å². The molecule has 0 radical (unpaired) electrons. The molecule has 0 aromatic heterocycles. The molecule has 1 aromatic carbocycles. The van der Waals surface area contributed by atoms with Gasteiger partial charge in [-0.25, -0.2) is 0 Å². The van der Waals surface area contributed by atoms with Crippen LogP contribution in [0.2, 0.25) is 0 Å². The van der Waals surface area contributed by atoms with E-state index in [9.17, 15) is 4.79 Å². The zero-order valence-corrected chi connectivity index (χ0v) is 10.2. The number of alkyl halides is 2. The van der Waals surface area contributed by atoms with Crippen LogP contribution in [0, 0.1) is 6.92 Å². The molecule has 0 N–H and O–H groups in total. The monoisotopic (exact) mass is 245 g/mol. The number of carbonyl (C=O) groups is 1. The minimum atomic E-state index is -1.01. The van der Waals surface area contributed by atoms with Gasteiger partial charge in [-0.3, -0.25) is 4.79 Å². The molecule has 2 nitrogen and oxygen atoms in total. The summed E-state index contributed by atoms with van der Waals surface area (Å²) < 4.78 is 0. The van der Waals surface area contributed by atoms with E-state index in [1.54, 1.807) is 4.90 Å². The molecule has 0 heterocycles. The lowest BCUT2D eigenvalue weighted by Crippen LogP contribution is -2.34. The maximum Gasteiger partial charge on any atom is 0.260 e. The van der Waals surface area contributed by atoms with Gasteiger partial charge in [0.05, 0.1) is 0 Å². The smallest absolute Gasteiger partial charge is 0.260 e. The lowest BCUT2D eigenvalue weighted by Gasteiger charge is -2.21. The second-order valence-corrected chi connectivity index (χ2v) is 4.32. The van der Waals surface area contributed by atoms with E-state index >= 15 is 0 Å². The maximum atomic E-state index is 11.6. The fourth-order valence-electron chi connectivity index (χ4n) is 1.38. The van der Waals surface area contributed by atoms with Crippen LogP contribution >= 0.6 is 23.2 Å². The number of hydrogen-bond acceptors (Lipinski definition) is 1. The van der Waals surface area contributed by atoms with Gasteiger partial charge in [0.25, 0.3) is 5.91 Å². The Bertz CT molecular complexity index is 352. The summed E-state index contributed by atoms with van der Waals surface area (Å²) in [6, 6.07) is 7.67. The lowest BCUT2D eigenvalue weighted by atomic mass is 10.2. The maximum absolute atomic E-state index is 11.6. The number of benzene rings is 1. The molecule has 0 saturated heterocycles. The highest BCUT2D eigenvalue weighted by Gasteiger charge is 2.20. The zero-order valence-electron chi connectivity index (χ0n) is 8.71. The number of rotatable bonds is 3. The molecule has 0 bridgehead atoms. The Morgan fingerprint density at radius 1 is 1.47 bits per heavy atom. The molecule has 0 unspecified atom stereocenters. The zero-order chi connectivity index (χ0) is 11.4. The van der Waals surface area contributed by atoms with Crippen LogP contribution in [-0.4, -0.2) is 17.3 Å². The van der Waals surface area contributed by atoms with E-state index < -0.39 is 4.84 Å². The first-order chi connectivity index (χ1) is 7.06. The van der Waals surface area contributed by atoms with E-state index in [1.165, 1.54) is 0 Å². The van der Waals surface area contributed by atoms with Crippen molar-refractivity contribution < 1.29 is 4.79 Å². The van der Waals surface area contributed by atoms with E-state index in [1.807, 2.05) is 38.1 Å². The molecule has 1 amide bonds. The van der Waals surface area contributed by atoms with Crippen LogP contribution in [0.1, 0.15) is 12.5 Å². The largest absolute Gasteiger partial charge is 0.310 e. The normalized spacial score (nSPS) is 10.5. The Hall–Kier alpha value is -0.730. The first kappa shape index (κ1) is 12.3. The van der Waals surface area contributed by atoms with E-state index in [-0.39, 0.29) is 5.91 Å². The van der Waals surface area contributed by atoms with Crippen LogP contribution in [0.4, 0.5) is 5.69 Å². The summed E-state index contributed by atoms with van der Waals surface area (Å²) in [7, 11) is 0. The predicted octanol–water partition coefficient (Wildman–Crippen LogP) is 3.15. The van der Waals surface area contributed by atoms with Crippen LogP contribution in [0.25, 0.3) is 0 Å². The standard InChI is InChI=1S/C11H13Cl2NO/c1-3-14(11(15)10(12)13)9-6-4-5-8(2)7-9/h4-7,10H,3H2,1-2H3. The SMILES string of the molecule is CCN(C(=O)C(Cl)Cl)c1cccc(C)c1. The van der Waals surface area contributed by atoms with Gasteiger partial charge >= 0.3 is 0 Å². The van der Waals surface area contributed by atoms with Crippen molar-refractivity contribution >= 4 is 34.8 Å². The Balaban J connectivity index is 2.97. The van der Waals surface area contributed by atoms with Crippen molar-refractivity contribution in [3.05, 3.63) is 29.8 Å². The van der Waals surface area contributed by atoms with Crippen LogP contribution in [0.15, 0.2) is 24.3 Å². The highest BCUT2D eigenvalue weighted by molar-refractivity contribution is 6.54. The Labute approximate surface area is 99.8 Å². The first-order valence-corrected chi connectivity index (χ1v) is 5.59. The minimum absolute atomic E-state index is 0.286. The summed E-state index contributed by atoms with van der Waals surface area (Å²) in [5.41, 5.74) is 1.92. The third kappa shape index (κ3) is 3.11. The van der Waals surface area contributed by atoms with Crippen LogP contribution < -0.4 is 4.90 Å². The summed E-state index contributed by atoms with van der Waals surface area (Å²) in [5, 5.41) is 0. The topological polar surface area (TPSA) is 20.3 Å². The lowest BCUT2D eigenvalue weighted by molar-refractivity contribution is -0.116. The summed E-state index contributed by atoms with van der Waals surface area (Å²) in [5.74, 6) is -0.286. The summed E-state index contributed by atoms with van der Waals surface area (Å²) in [4.78, 5) is 12.2. The molecular formula is C11H13Cl2NO. The number of nitrogens with zero attached hydrogens (tertiary/aromatic N) is 1. The van der Waals surface area contributed by atoms with Crippen molar-refractivity contribution in [2.24, 2.45) is 0 Å². The van der Waals surface area contributed by atoms with Gasteiger partial charge in [0.1, 0.15) is 0 Å². The van der Waals surface area contributed by atoms with Crippen molar-refractivity contribution in [3.8, 4) is 0 Å². The number of hydrogen-bond donors (Lipinski definition) is 0. The number of amides is 1. The molecular weight excluding hydrogens is 233 g/mol. The molecule has 0 aliphatic rings. The Kier molecular flexibility index (Phi) is 4.43. The summed E-state index contributed by atoms with van der Waals surface area (Å²) in [6.07, 6.45) is 0. The van der Waals surface area contributed by atoms with Gasteiger partial charge < -0.3 is 4.90 Å². The summed E-state index contributed by atoms with van der Waals surface area (Å²) >= 11 is 11.1. The number of aryl methyl sites for hydroxylation is 1. The molecule has 0 saturated carbocycles. The molecule has 0 atom stereocenters. The highest BCUT2D eigenvalue weighted by Crippen LogP contribution is 2.18. The van der Waals surface area contributed by atoms with E-state index in [2.05, 4.69) is 0 Å². The van der Waals surface area contributed by atoms with Crippen molar-refractivity contribution in [3.63, 3.8) is 0 Å². The molecule has 1 rings (SSSR count). The number of anilines is 1. The molecule has 15 heavy (non-hydrogen) atoms. The van der Waals surface area contributed by atoms with Crippen molar-refractivity contribution in [2.45, 2.75) is 18.7 Å². The van der Waals surface area contributed by atoms with Gasteiger partial charge in [0.2, 0.25) is 0 Å². The van der Waals surface area contributed by atoms with E-state index in [0.29, 0.717) is 6.54 Å². The summed E-state index contributed by atoms with van der Waals surface area (Å²) in [6.45, 7) is 4.41. The van der Waals surface area contributed by atoms with Gasteiger partial charge in [-0.2, -0.15) is 0 Å². The number of halogens is 2. The van der Waals surface area contributed by atoms with Crippen LogP contribution in [-0.2, 0) is 4.79 Å². The van der Waals surface area contributed by atoms with Crippen LogP contribution in [0.5, 0.6) is 0 Å². The average Bonchev–Trinajstić information content (AvgIpc) is 2.18. The van der Waals surface area contributed by atoms with Gasteiger partial charge in [-0.1, -0.05) is 35.3 Å².